The molecule has 0 aliphatic heterocycles. The standard InChI is InChI=1S/C16H22N2O5/c1-18(11-14(19)17-8-5-9-23-2)15(20)10-12-6-3-4-7-13(12)16(21)22/h3-4,6-7H,5,8-11H2,1-2H3,(H,17,19)(H,21,22). The maximum Gasteiger partial charge on any atom is 0.335 e. The molecule has 0 aliphatic rings. The van der Waals surface area contributed by atoms with Crippen molar-refractivity contribution in [1.29, 1.82) is 0 Å². The molecule has 0 saturated heterocycles. The van der Waals surface area contributed by atoms with Crippen LogP contribution in [0.2, 0.25) is 0 Å². The third kappa shape index (κ3) is 6.48. The van der Waals surface area contributed by atoms with Gasteiger partial charge in [-0.25, -0.2) is 4.79 Å². The Morgan fingerprint density at radius 1 is 1.26 bits per heavy atom. The van der Waals surface area contributed by atoms with Gasteiger partial charge in [-0.05, 0) is 18.1 Å². The molecule has 0 radical (unpaired) electrons. The third-order valence-electron chi connectivity index (χ3n) is 3.24. The molecule has 0 heterocycles. The minimum absolute atomic E-state index is 0.0596. The van der Waals surface area contributed by atoms with Gasteiger partial charge >= 0.3 is 5.97 Å². The molecule has 1 aromatic carbocycles. The Bertz CT molecular complexity index is 559. The fraction of sp³-hybridized carbons (Fsp3) is 0.438. The molecule has 23 heavy (non-hydrogen) atoms. The number of carbonyl (C=O) groups excluding carboxylic acids is 2. The molecule has 0 aromatic heterocycles. The largest absolute Gasteiger partial charge is 0.478 e. The van der Waals surface area contributed by atoms with E-state index >= 15 is 0 Å². The number of nitrogens with zero attached hydrogens (tertiary/aromatic N) is 1. The van der Waals surface area contributed by atoms with E-state index < -0.39 is 5.97 Å². The molecule has 0 aliphatic carbocycles. The molecular formula is C16H22N2O5. The van der Waals surface area contributed by atoms with E-state index in [1.54, 1.807) is 25.3 Å². The van der Waals surface area contributed by atoms with Crippen molar-refractivity contribution in [2.75, 3.05) is 33.9 Å². The average Bonchev–Trinajstić information content (AvgIpc) is 2.51. The predicted molar refractivity (Wildman–Crippen MR) is 84.2 cm³/mol. The van der Waals surface area contributed by atoms with E-state index in [1.807, 2.05) is 0 Å². The van der Waals surface area contributed by atoms with Crippen molar-refractivity contribution < 1.29 is 24.2 Å². The molecule has 7 heteroatoms. The summed E-state index contributed by atoms with van der Waals surface area (Å²) in [6.45, 7) is 0.971. The van der Waals surface area contributed by atoms with Crippen LogP contribution in [0.15, 0.2) is 24.3 Å². The minimum Gasteiger partial charge on any atom is -0.478 e. The van der Waals surface area contributed by atoms with Gasteiger partial charge in [-0.1, -0.05) is 18.2 Å². The van der Waals surface area contributed by atoms with Gasteiger partial charge in [0.05, 0.1) is 18.5 Å². The van der Waals surface area contributed by atoms with Crippen LogP contribution in [0.5, 0.6) is 0 Å². The second kappa shape index (κ2) is 9.58. The lowest BCUT2D eigenvalue weighted by molar-refractivity contribution is -0.134. The van der Waals surface area contributed by atoms with Gasteiger partial charge < -0.3 is 20.1 Å². The van der Waals surface area contributed by atoms with Crippen molar-refractivity contribution in [2.45, 2.75) is 12.8 Å². The molecule has 0 atom stereocenters. The van der Waals surface area contributed by atoms with Gasteiger partial charge in [-0.15, -0.1) is 0 Å². The van der Waals surface area contributed by atoms with Crippen molar-refractivity contribution in [3.8, 4) is 0 Å². The Morgan fingerprint density at radius 2 is 1.96 bits per heavy atom. The number of methoxy groups -OCH3 is 1. The van der Waals surface area contributed by atoms with Crippen molar-refractivity contribution in [3.63, 3.8) is 0 Å². The first-order valence-corrected chi connectivity index (χ1v) is 7.26. The van der Waals surface area contributed by atoms with Crippen LogP contribution in [0.4, 0.5) is 0 Å². The van der Waals surface area contributed by atoms with Crippen LogP contribution in [-0.4, -0.2) is 61.6 Å². The van der Waals surface area contributed by atoms with E-state index in [4.69, 9.17) is 9.84 Å². The van der Waals surface area contributed by atoms with Crippen molar-refractivity contribution in [2.24, 2.45) is 0 Å². The van der Waals surface area contributed by atoms with E-state index in [0.29, 0.717) is 25.1 Å². The lowest BCUT2D eigenvalue weighted by atomic mass is 10.0. The molecule has 2 amide bonds. The number of amides is 2. The van der Waals surface area contributed by atoms with Crippen LogP contribution in [-0.2, 0) is 20.7 Å². The quantitative estimate of drug-likeness (QED) is 0.647. The Balaban J connectivity index is 2.51. The third-order valence-corrected chi connectivity index (χ3v) is 3.24. The molecule has 2 N–H and O–H groups in total. The summed E-state index contributed by atoms with van der Waals surface area (Å²) in [6.07, 6.45) is 0.641. The number of aromatic carboxylic acids is 1. The van der Waals surface area contributed by atoms with Crippen LogP contribution in [0.25, 0.3) is 0 Å². The number of carboxylic acids is 1. The Hall–Kier alpha value is -2.41. The first-order valence-electron chi connectivity index (χ1n) is 7.26. The van der Waals surface area contributed by atoms with E-state index in [-0.39, 0.29) is 30.3 Å². The molecule has 1 rings (SSSR count). The predicted octanol–water partition coefficient (Wildman–Crippen LogP) is 0.538. The van der Waals surface area contributed by atoms with E-state index in [0.717, 1.165) is 0 Å². The molecule has 0 bridgehead atoms. The zero-order valence-corrected chi connectivity index (χ0v) is 13.4. The Labute approximate surface area is 135 Å². The highest BCUT2D eigenvalue weighted by Gasteiger charge is 2.17. The van der Waals surface area contributed by atoms with Gasteiger partial charge in [-0.2, -0.15) is 0 Å². The summed E-state index contributed by atoms with van der Waals surface area (Å²) >= 11 is 0. The first kappa shape index (κ1) is 18.6. The number of carboxylic acid groups (broad SMARTS) is 1. The van der Waals surface area contributed by atoms with E-state index in [1.165, 1.54) is 18.0 Å². The number of likely N-dealkylation sites (N-methyl/N-ethyl adjacent to an activating group) is 1. The lowest BCUT2D eigenvalue weighted by Gasteiger charge is -2.17. The number of rotatable bonds is 9. The summed E-state index contributed by atoms with van der Waals surface area (Å²) in [7, 11) is 3.10. The number of hydrogen-bond acceptors (Lipinski definition) is 4. The molecule has 126 valence electrons. The molecule has 7 nitrogen and oxygen atoms in total. The smallest absolute Gasteiger partial charge is 0.335 e. The SMILES string of the molecule is COCCCNC(=O)CN(C)C(=O)Cc1ccccc1C(=O)O. The highest BCUT2D eigenvalue weighted by atomic mass is 16.5. The monoisotopic (exact) mass is 322 g/mol. The Kier molecular flexibility index (Phi) is 7.76. The minimum atomic E-state index is -1.08. The summed E-state index contributed by atoms with van der Waals surface area (Å²) in [5, 5.41) is 11.8. The average molecular weight is 322 g/mol. The number of benzene rings is 1. The Morgan fingerprint density at radius 3 is 2.61 bits per heavy atom. The number of hydrogen-bond donors (Lipinski definition) is 2. The van der Waals surface area contributed by atoms with Crippen molar-refractivity contribution in [1.82, 2.24) is 10.2 Å². The summed E-state index contributed by atoms with van der Waals surface area (Å²) in [5.74, 6) is -1.65. The van der Waals surface area contributed by atoms with Gasteiger partial charge in [-0.3, -0.25) is 9.59 Å². The summed E-state index contributed by atoms with van der Waals surface area (Å²) in [4.78, 5) is 36.2. The van der Waals surface area contributed by atoms with Crippen molar-refractivity contribution in [3.05, 3.63) is 35.4 Å². The van der Waals surface area contributed by atoms with E-state index in [2.05, 4.69) is 5.32 Å². The molecule has 0 unspecified atom stereocenters. The molecule has 0 spiro atoms. The maximum absolute atomic E-state index is 12.1. The van der Waals surface area contributed by atoms with Gasteiger partial charge in [0.2, 0.25) is 11.8 Å². The lowest BCUT2D eigenvalue weighted by Crippen LogP contribution is -2.39. The second-order valence-electron chi connectivity index (χ2n) is 5.09. The number of carbonyl (C=O) groups is 3. The van der Waals surface area contributed by atoms with Crippen LogP contribution in [0.1, 0.15) is 22.3 Å². The van der Waals surface area contributed by atoms with Gasteiger partial charge in [0.1, 0.15) is 0 Å². The van der Waals surface area contributed by atoms with Gasteiger partial charge in [0, 0.05) is 27.3 Å². The summed E-state index contributed by atoms with van der Waals surface area (Å²) in [6, 6.07) is 6.33. The summed E-state index contributed by atoms with van der Waals surface area (Å²) in [5.41, 5.74) is 0.524. The zero-order valence-electron chi connectivity index (χ0n) is 13.4. The summed E-state index contributed by atoms with van der Waals surface area (Å²) < 4.78 is 4.88. The van der Waals surface area contributed by atoms with Gasteiger partial charge in [0.15, 0.2) is 0 Å². The molecular weight excluding hydrogens is 300 g/mol. The highest BCUT2D eigenvalue weighted by Crippen LogP contribution is 2.10. The second-order valence-corrected chi connectivity index (χ2v) is 5.09. The number of ether oxygens (including phenoxy) is 1. The first-order chi connectivity index (χ1) is 11.0. The van der Waals surface area contributed by atoms with Crippen LogP contribution < -0.4 is 5.32 Å². The van der Waals surface area contributed by atoms with Gasteiger partial charge in [0.25, 0.3) is 0 Å². The normalized spacial score (nSPS) is 10.2. The topological polar surface area (TPSA) is 95.9 Å². The van der Waals surface area contributed by atoms with Crippen LogP contribution >= 0.6 is 0 Å². The van der Waals surface area contributed by atoms with Crippen LogP contribution in [0.3, 0.4) is 0 Å². The number of nitrogens with one attached hydrogen (secondary N) is 1. The highest BCUT2D eigenvalue weighted by molar-refractivity contribution is 5.92. The molecule has 0 saturated carbocycles. The maximum atomic E-state index is 12.1. The fourth-order valence-corrected chi connectivity index (χ4v) is 1.98. The van der Waals surface area contributed by atoms with E-state index in [9.17, 15) is 14.4 Å². The molecule has 1 aromatic rings. The molecule has 0 fully saturated rings. The fourth-order valence-electron chi connectivity index (χ4n) is 1.98. The van der Waals surface area contributed by atoms with Crippen molar-refractivity contribution >= 4 is 17.8 Å². The zero-order chi connectivity index (χ0) is 17.2. The van der Waals surface area contributed by atoms with Crippen LogP contribution in [0, 0.1) is 0 Å².